The first-order valence-corrected chi connectivity index (χ1v) is 7.35. The third-order valence-corrected chi connectivity index (χ3v) is 3.35. The Morgan fingerprint density at radius 2 is 2.00 bits per heavy atom. The molecule has 0 aliphatic heterocycles. The van der Waals surface area contributed by atoms with Crippen LogP contribution in [-0.2, 0) is 10.1 Å². The number of aliphatic hydroxyl groups excluding tert-OH is 1. The zero-order valence-electron chi connectivity index (χ0n) is 10.9. The molecule has 0 bridgehead atoms. The highest BCUT2D eigenvalue weighted by Gasteiger charge is 2.23. The van der Waals surface area contributed by atoms with Crippen molar-refractivity contribution in [3.8, 4) is 11.5 Å². The van der Waals surface area contributed by atoms with E-state index in [4.69, 9.17) is 14.0 Å². The zero-order valence-corrected chi connectivity index (χ0v) is 11.7. The highest BCUT2D eigenvalue weighted by Crippen LogP contribution is 2.31. The van der Waals surface area contributed by atoms with Gasteiger partial charge >= 0.3 is 0 Å². The molecule has 0 saturated carbocycles. The number of rotatable bonds is 7. The minimum absolute atomic E-state index is 0.0159. The van der Waals surface area contributed by atoms with Gasteiger partial charge in [-0.1, -0.05) is 19.4 Å². The third-order valence-electron chi connectivity index (χ3n) is 2.51. The Kier molecular flexibility index (Phi) is 5.59. The van der Waals surface area contributed by atoms with Crippen molar-refractivity contribution < 1.29 is 27.6 Å². The second-order valence-corrected chi connectivity index (χ2v) is 5.46. The lowest BCUT2D eigenvalue weighted by atomic mass is 10.2. The van der Waals surface area contributed by atoms with E-state index in [0.717, 1.165) is 12.8 Å². The van der Waals surface area contributed by atoms with E-state index in [0.29, 0.717) is 18.1 Å². The molecule has 1 aromatic carbocycles. The Labute approximate surface area is 112 Å². The molecule has 7 heteroatoms. The first-order valence-electron chi connectivity index (χ1n) is 5.85. The Bertz CT molecular complexity index is 511. The van der Waals surface area contributed by atoms with Gasteiger partial charge in [0.25, 0.3) is 10.1 Å². The van der Waals surface area contributed by atoms with Crippen LogP contribution in [-0.4, -0.2) is 31.8 Å². The summed E-state index contributed by atoms with van der Waals surface area (Å²) in [4.78, 5) is 0. The van der Waals surface area contributed by atoms with E-state index >= 15 is 0 Å². The first kappa shape index (κ1) is 15.7. The average Bonchev–Trinajstić information content (AvgIpc) is 2.37. The minimum atomic E-state index is -4.56. The molecule has 0 spiro atoms. The van der Waals surface area contributed by atoms with Crippen LogP contribution in [0.5, 0.6) is 11.5 Å². The van der Waals surface area contributed by atoms with E-state index in [-0.39, 0.29) is 5.56 Å². The summed E-state index contributed by atoms with van der Waals surface area (Å²) in [6.07, 6.45) is 1.88. The van der Waals surface area contributed by atoms with Crippen molar-refractivity contribution in [3.05, 3.63) is 23.8 Å². The van der Waals surface area contributed by atoms with Gasteiger partial charge in [0, 0.05) is 5.56 Å². The van der Waals surface area contributed by atoms with Gasteiger partial charge < -0.3 is 14.6 Å². The summed E-state index contributed by atoms with van der Waals surface area (Å²) >= 11 is 0. The lowest BCUT2D eigenvalue weighted by Gasteiger charge is -2.13. The van der Waals surface area contributed by atoms with E-state index in [1.54, 1.807) is 0 Å². The maximum absolute atomic E-state index is 10.9. The van der Waals surface area contributed by atoms with Gasteiger partial charge in [0.15, 0.2) is 11.5 Å². The average molecular weight is 290 g/mol. The number of aliphatic hydroxyl groups is 1. The maximum Gasteiger partial charge on any atom is 0.296 e. The van der Waals surface area contributed by atoms with Crippen molar-refractivity contribution in [2.75, 3.05) is 13.7 Å². The normalized spacial score (nSPS) is 13.1. The molecular formula is C12H18O6S. The fourth-order valence-electron chi connectivity index (χ4n) is 1.46. The van der Waals surface area contributed by atoms with Crippen molar-refractivity contribution in [1.29, 1.82) is 0 Å². The number of hydrogen-bond acceptors (Lipinski definition) is 5. The lowest BCUT2D eigenvalue weighted by Crippen LogP contribution is -2.11. The van der Waals surface area contributed by atoms with Crippen LogP contribution in [0.1, 0.15) is 30.8 Å². The number of unbranched alkanes of at least 4 members (excludes halogenated alkanes) is 1. The molecule has 1 rings (SSSR count). The van der Waals surface area contributed by atoms with Gasteiger partial charge in [0.1, 0.15) is 0 Å². The van der Waals surface area contributed by atoms with E-state index in [1.807, 2.05) is 6.92 Å². The molecule has 0 fully saturated rings. The number of benzene rings is 1. The van der Waals surface area contributed by atoms with Crippen LogP contribution < -0.4 is 9.47 Å². The molecule has 0 saturated heterocycles. The van der Waals surface area contributed by atoms with Gasteiger partial charge in [-0.2, -0.15) is 8.42 Å². The van der Waals surface area contributed by atoms with E-state index in [9.17, 15) is 13.5 Å². The minimum Gasteiger partial charge on any atom is -0.493 e. The van der Waals surface area contributed by atoms with Crippen LogP contribution in [0.2, 0.25) is 0 Å². The third kappa shape index (κ3) is 4.38. The molecule has 0 aromatic heterocycles. The van der Waals surface area contributed by atoms with Crippen LogP contribution in [0.15, 0.2) is 18.2 Å². The molecule has 2 N–H and O–H groups in total. The fraction of sp³-hybridized carbons (Fsp3) is 0.500. The van der Waals surface area contributed by atoms with E-state index < -0.39 is 15.6 Å². The Hall–Kier alpha value is -1.31. The van der Waals surface area contributed by atoms with Crippen molar-refractivity contribution >= 4 is 10.1 Å². The predicted octanol–water partition coefficient (Wildman–Crippen LogP) is 1.75. The number of methoxy groups -OCH3 is 1. The van der Waals surface area contributed by atoms with Crippen LogP contribution >= 0.6 is 0 Å². The SMILES string of the molecule is CCCCOc1ccc(C(O)S(=O)(=O)O)cc1OC. The molecule has 1 aromatic rings. The molecule has 6 nitrogen and oxygen atoms in total. The summed E-state index contributed by atoms with van der Waals surface area (Å²) in [5.41, 5.74) is -1.98. The van der Waals surface area contributed by atoms with Gasteiger partial charge in [-0.3, -0.25) is 4.55 Å². The molecule has 0 aliphatic carbocycles. The van der Waals surface area contributed by atoms with Crippen LogP contribution in [0.4, 0.5) is 0 Å². The van der Waals surface area contributed by atoms with E-state index in [1.165, 1.54) is 25.3 Å². The van der Waals surface area contributed by atoms with Gasteiger partial charge in [0.2, 0.25) is 5.44 Å². The lowest BCUT2D eigenvalue weighted by molar-refractivity contribution is 0.237. The smallest absolute Gasteiger partial charge is 0.296 e. The highest BCUT2D eigenvalue weighted by molar-refractivity contribution is 7.85. The molecule has 0 amide bonds. The van der Waals surface area contributed by atoms with Gasteiger partial charge in [-0.15, -0.1) is 0 Å². The second kappa shape index (κ2) is 6.74. The van der Waals surface area contributed by atoms with Crippen LogP contribution in [0.25, 0.3) is 0 Å². The predicted molar refractivity (Wildman–Crippen MR) is 69.9 cm³/mol. The molecule has 0 radical (unpaired) electrons. The van der Waals surface area contributed by atoms with Crippen molar-refractivity contribution in [2.24, 2.45) is 0 Å². The van der Waals surface area contributed by atoms with Crippen molar-refractivity contribution in [2.45, 2.75) is 25.2 Å². The summed E-state index contributed by atoms with van der Waals surface area (Å²) in [6.45, 7) is 2.55. The van der Waals surface area contributed by atoms with Crippen LogP contribution in [0, 0.1) is 0 Å². The summed E-state index contributed by atoms with van der Waals surface area (Å²) < 4.78 is 41.1. The maximum atomic E-state index is 10.9. The molecule has 0 heterocycles. The largest absolute Gasteiger partial charge is 0.493 e. The second-order valence-electron chi connectivity index (χ2n) is 3.98. The molecule has 0 aliphatic rings. The first-order chi connectivity index (χ1) is 8.90. The van der Waals surface area contributed by atoms with Crippen LogP contribution in [0.3, 0.4) is 0 Å². The Morgan fingerprint density at radius 1 is 1.32 bits per heavy atom. The standard InChI is InChI=1S/C12H18O6S/c1-3-4-7-18-10-6-5-9(8-11(10)17-2)12(13)19(14,15)16/h5-6,8,12-13H,3-4,7H2,1-2H3,(H,14,15,16). The van der Waals surface area contributed by atoms with Gasteiger partial charge in [-0.05, 0) is 18.6 Å². The fourth-order valence-corrected chi connectivity index (χ4v) is 1.95. The number of ether oxygens (including phenoxy) is 2. The van der Waals surface area contributed by atoms with Gasteiger partial charge in [0.05, 0.1) is 13.7 Å². The molecule has 1 atom stereocenters. The quantitative estimate of drug-likeness (QED) is 0.587. The topological polar surface area (TPSA) is 93.1 Å². The Balaban J connectivity index is 2.95. The summed E-state index contributed by atoms with van der Waals surface area (Å²) in [7, 11) is -3.15. The molecule has 19 heavy (non-hydrogen) atoms. The highest BCUT2D eigenvalue weighted by atomic mass is 32.2. The molecule has 1 unspecified atom stereocenters. The van der Waals surface area contributed by atoms with Gasteiger partial charge in [-0.25, -0.2) is 0 Å². The number of hydrogen-bond donors (Lipinski definition) is 2. The summed E-state index contributed by atoms with van der Waals surface area (Å²) in [5.74, 6) is 0.763. The van der Waals surface area contributed by atoms with Crippen molar-refractivity contribution in [1.82, 2.24) is 0 Å². The monoisotopic (exact) mass is 290 g/mol. The zero-order chi connectivity index (χ0) is 14.5. The van der Waals surface area contributed by atoms with E-state index in [2.05, 4.69) is 0 Å². The molecule has 108 valence electrons. The molecular weight excluding hydrogens is 272 g/mol. The van der Waals surface area contributed by atoms with Crippen molar-refractivity contribution in [3.63, 3.8) is 0 Å². The summed E-state index contributed by atoms with van der Waals surface area (Å²) in [6, 6.07) is 4.18. The summed E-state index contributed by atoms with van der Waals surface area (Å²) in [5, 5.41) is 9.45. The Morgan fingerprint density at radius 3 is 2.53 bits per heavy atom.